The molecule has 1 aromatic rings. The van der Waals surface area contributed by atoms with E-state index in [4.69, 9.17) is 14.7 Å². The van der Waals surface area contributed by atoms with Gasteiger partial charge in [-0.25, -0.2) is 13.8 Å². The summed E-state index contributed by atoms with van der Waals surface area (Å²) in [6.45, 7) is 18.0. The highest BCUT2D eigenvalue weighted by molar-refractivity contribution is 5.87. The lowest BCUT2D eigenvalue weighted by Gasteiger charge is -2.44. The first-order chi connectivity index (χ1) is 21.8. The molecule has 0 radical (unpaired) electrons. The van der Waals surface area contributed by atoms with Crippen molar-refractivity contribution in [2.75, 3.05) is 40.0 Å². The maximum atomic E-state index is 15.4. The Morgan fingerprint density at radius 1 is 1.20 bits per heavy atom. The second kappa shape index (κ2) is 18.8. The lowest BCUT2D eigenvalue weighted by molar-refractivity contribution is -0.200. The Hall–Kier alpha value is -3.28. The standard InChI is InChI=1S/C27H34F2N4O3.C8H19NO/c1-6-33(18-35-32-25(30-5)19(2)3)14-13-26(4)27(28,29)15-22-9-8-21(10-12-24(22)36-26)23-11-7-20(17-34)16-31-23;1-4-9(3)7-5-6-8(2)10/h7,9-12,16-17,19H,5-6,8,13-15,18H2,1-4H3;8,10H,4-7H2,1-3H3/b32-25-;. The Balaban J connectivity index is 0.000000634. The Labute approximate surface area is 273 Å². The van der Waals surface area contributed by atoms with E-state index in [0.29, 0.717) is 47.9 Å². The number of fused-ring (bicyclic) bond motifs is 1. The van der Waals surface area contributed by atoms with Crippen molar-refractivity contribution in [3.8, 4) is 0 Å². The number of alkyl halides is 2. The lowest BCUT2D eigenvalue weighted by Crippen LogP contribution is -2.52. The molecule has 1 aliphatic heterocycles. The molecule has 9 nitrogen and oxygen atoms in total. The summed E-state index contributed by atoms with van der Waals surface area (Å²) in [6.07, 6.45) is 9.62. The van der Waals surface area contributed by atoms with Gasteiger partial charge in [-0.1, -0.05) is 45.0 Å². The number of aliphatic hydroxyl groups is 1. The summed E-state index contributed by atoms with van der Waals surface area (Å²) >= 11 is 0. The zero-order valence-electron chi connectivity index (χ0n) is 28.6. The van der Waals surface area contributed by atoms with Crippen LogP contribution >= 0.6 is 0 Å². The first kappa shape index (κ1) is 38.9. The van der Waals surface area contributed by atoms with Crippen molar-refractivity contribution in [3.63, 3.8) is 0 Å². The number of oxime groups is 1. The average Bonchev–Trinajstić information content (AvgIpc) is 3.22. The molecule has 0 aromatic carbocycles. The fourth-order valence-electron chi connectivity index (χ4n) is 4.77. The topological polar surface area (TPSA) is 99.8 Å². The fourth-order valence-corrected chi connectivity index (χ4v) is 4.77. The van der Waals surface area contributed by atoms with E-state index in [1.54, 1.807) is 24.3 Å². The van der Waals surface area contributed by atoms with Gasteiger partial charge >= 0.3 is 0 Å². The number of aromatic nitrogens is 1. The summed E-state index contributed by atoms with van der Waals surface area (Å²) in [5, 5.41) is 12.9. The van der Waals surface area contributed by atoms with E-state index in [-0.39, 0.29) is 25.2 Å². The normalized spacial score (nSPS) is 19.9. The molecule has 1 N–H and O–H groups in total. The van der Waals surface area contributed by atoms with Crippen LogP contribution in [-0.2, 0) is 9.57 Å². The molecule has 0 saturated carbocycles. The number of aldehydes is 1. The Bertz CT molecular complexity index is 1240. The highest BCUT2D eigenvalue weighted by Crippen LogP contribution is 2.48. The van der Waals surface area contributed by atoms with Gasteiger partial charge in [-0.05, 0) is 95.9 Å². The first-order valence-electron chi connectivity index (χ1n) is 16.1. The van der Waals surface area contributed by atoms with Crippen LogP contribution < -0.4 is 0 Å². The van der Waals surface area contributed by atoms with Gasteiger partial charge in [0.1, 0.15) is 5.76 Å². The Morgan fingerprint density at radius 3 is 2.50 bits per heavy atom. The molecule has 46 heavy (non-hydrogen) atoms. The number of rotatable bonds is 15. The number of hydrogen-bond acceptors (Lipinski definition) is 8. The molecule has 1 aromatic heterocycles. The number of amidine groups is 1. The van der Waals surface area contributed by atoms with Crippen LogP contribution in [0.3, 0.4) is 0 Å². The predicted molar refractivity (Wildman–Crippen MR) is 181 cm³/mol. The highest BCUT2D eigenvalue weighted by Gasteiger charge is 2.56. The van der Waals surface area contributed by atoms with Crippen LogP contribution in [0.4, 0.5) is 8.78 Å². The third-order valence-electron chi connectivity index (χ3n) is 8.22. The van der Waals surface area contributed by atoms with E-state index in [9.17, 15) is 4.79 Å². The zero-order valence-corrected chi connectivity index (χ0v) is 28.6. The number of pyridine rings is 1. The number of hydrogen-bond donors (Lipinski definition) is 1. The average molecular weight is 646 g/mol. The number of allylic oxidation sites excluding steroid dienone is 5. The quantitative estimate of drug-likeness (QED) is 0.0740. The molecule has 3 rings (SSSR count). The van der Waals surface area contributed by atoms with E-state index < -0.39 is 17.9 Å². The van der Waals surface area contributed by atoms with Gasteiger partial charge in [0.15, 0.2) is 24.5 Å². The summed E-state index contributed by atoms with van der Waals surface area (Å²) < 4.78 is 36.7. The van der Waals surface area contributed by atoms with Gasteiger partial charge in [0.25, 0.3) is 5.92 Å². The highest BCUT2D eigenvalue weighted by atomic mass is 19.3. The summed E-state index contributed by atoms with van der Waals surface area (Å²) in [7, 11) is 2.10. The maximum Gasteiger partial charge on any atom is 0.290 e. The minimum atomic E-state index is -3.06. The molecule has 1 aliphatic carbocycles. The van der Waals surface area contributed by atoms with Gasteiger partial charge in [-0.15, -0.1) is 0 Å². The second-order valence-electron chi connectivity index (χ2n) is 12.3. The largest absolute Gasteiger partial charge is 0.481 e. The fraction of sp³-hybridized carbons (Fsp3) is 0.600. The third kappa shape index (κ3) is 11.8. The molecule has 2 atom stereocenters. The number of carbonyl (C=O) groups excluding carboxylic acids is 1. The number of halogens is 2. The smallest absolute Gasteiger partial charge is 0.290 e. The zero-order chi connectivity index (χ0) is 34.3. The minimum Gasteiger partial charge on any atom is -0.481 e. The van der Waals surface area contributed by atoms with E-state index in [0.717, 1.165) is 37.8 Å². The lowest BCUT2D eigenvalue weighted by atomic mass is 9.84. The molecule has 0 amide bonds. The van der Waals surface area contributed by atoms with Crippen molar-refractivity contribution in [2.24, 2.45) is 16.1 Å². The number of aliphatic imine (C=N–C) groups is 1. The van der Waals surface area contributed by atoms with Crippen molar-refractivity contribution >= 4 is 24.4 Å². The van der Waals surface area contributed by atoms with Crippen molar-refractivity contribution in [1.82, 2.24) is 14.8 Å². The van der Waals surface area contributed by atoms with Gasteiger partial charge in [0.2, 0.25) is 0 Å². The van der Waals surface area contributed by atoms with Crippen molar-refractivity contribution in [1.29, 1.82) is 0 Å². The van der Waals surface area contributed by atoms with E-state index in [1.807, 2.05) is 38.7 Å². The van der Waals surface area contributed by atoms with E-state index in [1.165, 1.54) is 13.1 Å². The molecule has 0 spiro atoms. The predicted octanol–water partition coefficient (Wildman–Crippen LogP) is 6.76. The summed E-state index contributed by atoms with van der Waals surface area (Å²) in [5.74, 6) is -2.05. The van der Waals surface area contributed by atoms with Crippen LogP contribution in [-0.4, -0.2) is 96.3 Å². The molecule has 256 valence electrons. The summed E-state index contributed by atoms with van der Waals surface area (Å²) in [6, 6.07) is 3.43. The van der Waals surface area contributed by atoms with Crippen LogP contribution in [0.15, 0.2) is 58.0 Å². The molecule has 11 heteroatoms. The molecule has 2 unspecified atom stereocenters. The van der Waals surface area contributed by atoms with E-state index >= 15 is 8.78 Å². The molecular weight excluding hydrogens is 592 g/mol. The number of ether oxygens (including phenoxy) is 1. The van der Waals surface area contributed by atoms with Gasteiger partial charge < -0.3 is 19.6 Å². The molecule has 1 saturated heterocycles. The van der Waals surface area contributed by atoms with Gasteiger partial charge in [-0.3, -0.25) is 14.7 Å². The van der Waals surface area contributed by atoms with Gasteiger partial charge in [0.05, 0.1) is 11.8 Å². The van der Waals surface area contributed by atoms with Crippen LogP contribution in [0, 0.1) is 5.92 Å². The molecule has 2 aliphatic rings. The SMILES string of the molecule is C=N/C(=N\OCN(CC)CCC1(C)OC2=CC=C(c3ccc(C=O)cn3)CC=C2CC1(F)F)C(C)C.CCN(C)CCCC(C)O. The van der Waals surface area contributed by atoms with Crippen LogP contribution in [0.2, 0.25) is 0 Å². The van der Waals surface area contributed by atoms with Crippen LogP contribution in [0.25, 0.3) is 5.57 Å². The van der Waals surface area contributed by atoms with Crippen LogP contribution in [0.5, 0.6) is 0 Å². The maximum absolute atomic E-state index is 15.4. The van der Waals surface area contributed by atoms with E-state index in [2.05, 4.69) is 40.7 Å². The summed E-state index contributed by atoms with van der Waals surface area (Å²) in [4.78, 5) is 28.6. The Kier molecular flexibility index (Phi) is 15.9. The number of aliphatic hydroxyl groups excluding tert-OH is 1. The monoisotopic (exact) mass is 645 g/mol. The Morgan fingerprint density at radius 2 is 1.93 bits per heavy atom. The van der Waals surface area contributed by atoms with Gasteiger partial charge in [-0.2, -0.15) is 0 Å². The second-order valence-corrected chi connectivity index (χ2v) is 12.3. The molecule has 2 heterocycles. The first-order valence-corrected chi connectivity index (χ1v) is 16.1. The van der Waals surface area contributed by atoms with Crippen molar-refractivity contribution in [2.45, 2.75) is 91.3 Å². The number of nitrogens with zero attached hydrogens (tertiary/aromatic N) is 5. The summed E-state index contributed by atoms with van der Waals surface area (Å²) in [5.41, 5.74) is 0.835. The number of carbonyl (C=O) groups is 1. The molecular formula is C35H53F2N5O4. The third-order valence-corrected chi connectivity index (χ3v) is 8.22. The van der Waals surface area contributed by atoms with Gasteiger partial charge in [0, 0.05) is 37.1 Å². The van der Waals surface area contributed by atoms with Crippen LogP contribution in [0.1, 0.15) is 89.7 Å². The molecule has 1 fully saturated rings. The van der Waals surface area contributed by atoms with Crippen molar-refractivity contribution in [3.05, 3.63) is 59.1 Å². The van der Waals surface area contributed by atoms with Crippen molar-refractivity contribution < 1.29 is 28.3 Å². The molecule has 0 bridgehead atoms. The minimum absolute atomic E-state index is 0.0713.